The van der Waals surface area contributed by atoms with E-state index < -0.39 is 17.8 Å². The number of aromatic hydroxyl groups is 1. The number of carboxylic acids is 1. The molecule has 1 aliphatic carbocycles. The predicted octanol–water partition coefficient (Wildman–Crippen LogP) is 2.47. The molecule has 1 aromatic heterocycles. The Balaban J connectivity index is 1.78. The molecule has 1 saturated heterocycles. The summed E-state index contributed by atoms with van der Waals surface area (Å²) < 4.78 is 21.4. The van der Waals surface area contributed by atoms with Gasteiger partial charge >= 0.3 is 11.9 Å². The molecular formula is C23H27FN4O5. The summed E-state index contributed by atoms with van der Waals surface area (Å²) in [5, 5.41) is 20.9. The fourth-order valence-corrected chi connectivity index (χ4v) is 4.98. The van der Waals surface area contributed by atoms with Crippen LogP contribution in [0.1, 0.15) is 42.2 Å². The molecule has 5 rings (SSSR count). The number of nitrogens with zero attached hydrogens (tertiary/aromatic N) is 2. The third-order valence-corrected chi connectivity index (χ3v) is 6.76. The number of rotatable bonds is 6. The van der Waals surface area contributed by atoms with E-state index in [0.29, 0.717) is 36.4 Å². The van der Waals surface area contributed by atoms with Crippen LogP contribution in [-0.4, -0.2) is 59.4 Å². The average molecular weight is 458 g/mol. The average Bonchev–Trinajstić information content (AvgIpc) is 3.44. The van der Waals surface area contributed by atoms with Gasteiger partial charge < -0.3 is 35.5 Å². The molecule has 2 aromatic rings. The van der Waals surface area contributed by atoms with Crippen LogP contribution in [0.25, 0.3) is 10.9 Å². The molecule has 0 radical (unpaired) electrons. The summed E-state index contributed by atoms with van der Waals surface area (Å²) in [6.45, 7) is 3.32. The predicted molar refractivity (Wildman–Crippen MR) is 120 cm³/mol. The number of benzene rings is 1. The standard InChI is InChI=1S/C23H27FN4O5/c1-2-33-23(32)18-21(29)15-17(26-18)14-7-12(22(30)31)10-28(13-3-4-13)19(14)16(24)20(15)27-6-5-11(8-25)9-27/h10-11,13,26,29H,2-9,25H2,1H3,(H,30,31). The molecule has 10 heteroatoms. The van der Waals surface area contributed by atoms with Crippen molar-refractivity contribution < 1.29 is 28.9 Å². The highest BCUT2D eigenvalue weighted by Gasteiger charge is 2.40. The molecule has 3 aliphatic rings. The molecular weight excluding hydrogens is 431 g/mol. The molecule has 1 unspecified atom stereocenters. The van der Waals surface area contributed by atoms with E-state index in [-0.39, 0.29) is 53.1 Å². The van der Waals surface area contributed by atoms with E-state index in [1.807, 2.05) is 4.90 Å². The third kappa shape index (κ3) is 3.40. The van der Waals surface area contributed by atoms with Crippen LogP contribution in [-0.2, 0) is 16.0 Å². The minimum atomic E-state index is -1.09. The van der Waals surface area contributed by atoms with Gasteiger partial charge in [-0.05, 0) is 38.6 Å². The van der Waals surface area contributed by atoms with Crippen LogP contribution in [0, 0.1) is 11.7 Å². The number of anilines is 2. The van der Waals surface area contributed by atoms with E-state index in [4.69, 9.17) is 10.5 Å². The Labute approximate surface area is 189 Å². The zero-order chi connectivity index (χ0) is 23.4. The highest BCUT2D eigenvalue weighted by atomic mass is 19.1. The van der Waals surface area contributed by atoms with Gasteiger partial charge in [-0.1, -0.05) is 0 Å². The highest BCUT2D eigenvalue weighted by molar-refractivity contribution is 6.10. The maximum atomic E-state index is 16.3. The van der Waals surface area contributed by atoms with Crippen molar-refractivity contribution in [2.24, 2.45) is 11.7 Å². The van der Waals surface area contributed by atoms with Crippen LogP contribution in [0.4, 0.5) is 15.8 Å². The number of esters is 1. The second-order valence-corrected chi connectivity index (χ2v) is 8.92. The lowest BCUT2D eigenvalue weighted by Crippen LogP contribution is -2.30. The Hall–Kier alpha value is -3.27. The van der Waals surface area contributed by atoms with Crippen molar-refractivity contribution >= 4 is 34.2 Å². The van der Waals surface area contributed by atoms with Gasteiger partial charge in [0.1, 0.15) is 0 Å². The van der Waals surface area contributed by atoms with Crippen LogP contribution in [0.3, 0.4) is 0 Å². The maximum Gasteiger partial charge on any atom is 0.358 e. The Morgan fingerprint density at radius 1 is 1.30 bits per heavy atom. The number of nitrogens with two attached hydrogens (primary N) is 1. The first-order valence-electron chi connectivity index (χ1n) is 11.3. The molecule has 33 heavy (non-hydrogen) atoms. The Bertz CT molecular complexity index is 1190. The molecule has 0 amide bonds. The second-order valence-electron chi connectivity index (χ2n) is 8.92. The first-order chi connectivity index (χ1) is 15.8. The molecule has 3 heterocycles. The fourth-order valence-electron chi connectivity index (χ4n) is 4.98. The van der Waals surface area contributed by atoms with Crippen LogP contribution in [0.5, 0.6) is 5.75 Å². The number of halogens is 1. The van der Waals surface area contributed by atoms with E-state index in [9.17, 15) is 19.8 Å². The normalized spacial score (nSPS) is 20.2. The first kappa shape index (κ1) is 21.6. The molecule has 1 saturated carbocycles. The molecule has 1 aromatic carbocycles. The molecule has 0 spiro atoms. The largest absolute Gasteiger partial charge is 0.505 e. The number of nitrogens with one attached hydrogen (secondary N) is 1. The third-order valence-electron chi connectivity index (χ3n) is 6.76. The van der Waals surface area contributed by atoms with E-state index in [0.717, 1.165) is 19.3 Å². The van der Waals surface area contributed by atoms with E-state index in [1.54, 1.807) is 11.8 Å². The topological polar surface area (TPSA) is 132 Å². The molecule has 5 N–H and O–H groups in total. The maximum absolute atomic E-state index is 16.3. The summed E-state index contributed by atoms with van der Waals surface area (Å²) in [5.41, 5.74) is 7.09. The van der Waals surface area contributed by atoms with Crippen LogP contribution in [0.15, 0.2) is 11.8 Å². The van der Waals surface area contributed by atoms with Gasteiger partial charge in [-0.15, -0.1) is 0 Å². The van der Waals surface area contributed by atoms with Gasteiger partial charge in [-0.2, -0.15) is 0 Å². The SMILES string of the molecule is CCOC(=O)c1[nH]c2c3c(c(F)c(N4CCC(CN)C4)c2c1O)N(C1CC1)C=C(C(=O)O)C3. The minimum absolute atomic E-state index is 0.0154. The van der Waals surface area contributed by atoms with Gasteiger partial charge in [0.2, 0.25) is 0 Å². The van der Waals surface area contributed by atoms with Crippen LogP contribution in [0.2, 0.25) is 0 Å². The van der Waals surface area contributed by atoms with Crippen molar-refractivity contribution in [2.45, 2.75) is 38.6 Å². The number of hydrogen-bond donors (Lipinski definition) is 4. The van der Waals surface area contributed by atoms with Crippen molar-refractivity contribution in [2.75, 3.05) is 36.0 Å². The summed E-state index contributed by atoms with van der Waals surface area (Å²) in [6, 6.07) is 0.0154. The van der Waals surface area contributed by atoms with E-state index >= 15 is 4.39 Å². The number of aromatic nitrogens is 1. The Morgan fingerprint density at radius 2 is 2.06 bits per heavy atom. The fraction of sp³-hybridized carbons (Fsp3) is 0.478. The lowest BCUT2D eigenvalue weighted by Gasteiger charge is -2.32. The van der Waals surface area contributed by atoms with Crippen LogP contribution >= 0.6 is 0 Å². The van der Waals surface area contributed by atoms with E-state index in [1.165, 1.54) is 6.20 Å². The summed E-state index contributed by atoms with van der Waals surface area (Å²) in [7, 11) is 0. The first-order valence-corrected chi connectivity index (χ1v) is 11.3. The van der Waals surface area contributed by atoms with Crippen molar-refractivity contribution in [3.63, 3.8) is 0 Å². The Morgan fingerprint density at radius 3 is 2.67 bits per heavy atom. The number of carbonyl (C=O) groups is 2. The number of hydrogen-bond acceptors (Lipinski definition) is 7. The van der Waals surface area contributed by atoms with Crippen LogP contribution < -0.4 is 15.5 Å². The monoisotopic (exact) mass is 458 g/mol. The van der Waals surface area contributed by atoms with Gasteiger partial charge in [0.05, 0.1) is 34.5 Å². The summed E-state index contributed by atoms with van der Waals surface area (Å²) >= 11 is 0. The van der Waals surface area contributed by atoms with Gasteiger partial charge in [-0.25, -0.2) is 14.0 Å². The molecule has 2 fully saturated rings. The molecule has 1 atom stereocenters. The number of ether oxygens (including phenoxy) is 1. The molecule has 176 valence electrons. The molecule has 9 nitrogen and oxygen atoms in total. The zero-order valence-electron chi connectivity index (χ0n) is 18.4. The number of carboxylic acid groups (broad SMARTS) is 1. The minimum Gasteiger partial charge on any atom is -0.505 e. The van der Waals surface area contributed by atoms with Gasteiger partial charge in [0.15, 0.2) is 17.3 Å². The van der Waals surface area contributed by atoms with Gasteiger partial charge in [0.25, 0.3) is 0 Å². The van der Waals surface area contributed by atoms with Gasteiger partial charge in [0, 0.05) is 37.3 Å². The number of H-pyrrole nitrogens is 1. The Kier molecular flexibility index (Phi) is 5.19. The number of carbonyl (C=O) groups excluding carboxylic acids is 1. The lowest BCUT2D eigenvalue weighted by molar-refractivity contribution is -0.132. The van der Waals surface area contributed by atoms with Crippen molar-refractivity contribution in [3.8, 4) is 5.75 Å². The highest BCUT2D eigenvalue weighted by Crippen LogP contribution is 2.50. The summed E-state index contributed by atoms with van der Waals surface area (Å²) in [4.78, 5) is 30.9. The van der Waals surface area contributed by atoms with E-state index in [2.05, 4.69) is 4.98 Å². The number of fused-ring (bicyclic) bond motifs is 3. The second kappa shape index (κ2) is 7.95. The quantitative estimate of drug-likeness (QED) is 0.486. The van der Waals surface area contributed by atoms with Gasteiger partial charge in [-0.3, -0.25) is 0 Å². The number of aromatic amines is 1. The van der Waals surface area contributed by atoms with Crippen molar-refractivity contribution in [1.29, 1.82) is 0 Å². The number of aliphatic carboxylic acids is 1. The zero-order valence-corrected chi connectivity index (χ0v) is 18.4. The molecule has 0 bridgehead atoms. The van der Waals surface area contributed by atoms with Crippen molar-refractivity contribution in [1.82, 2.24) is 4.98 Å². The van der Waals surface area contributed by atoms with Crippen molar-refractivity contribution in [3.05, 3.63) is 28.8 Å². The summed E-state index contributed by atoms with van der Waals surface area (Å²) in [6.07, 6.45) is 3.94. The smallest absolute Gasteiger partial charge is 0.358 e. The molecule has 2 aliphatic heterocycles. The summed E-state index contributed by atoms with van der Waals surface area (Å²) in [5.74, 6) is -2.56. The lowest BCUT2D eigenvalue weighted by atomic mass is 9.95.